The Morgan fingerprint density at radius 3 is 2.78 bits per heavy atom. The normalized spacial score (nSPS) is 12.0. The van der Waals surface area contributed by atoms with Crippen molar-refractivity contribution >= 4 is 5.91 Å². The lowest BCUT2D eigenvalue weighted by Crippen LogP contribution is -2.31. The minimum atomic E-state index is -0.278. The predicted octanol–water partition coefficient (Wildman–Crippen LogP) is 1.31. The van der Waals surface area contributed by atoms with E-state index in [1.54, 1.807) is 17.2 Å². The Bertz CT molecular complexity index is 750. The number of aryl methyl sites for hydroxylation is 2. The molecule has 1 atom stereocenters. The van der Waals surface area contributed by atoms with Gasteiger partial charge in [-0.3, -0.25) is 9.48 Å². The summed E-state index contributed by atoms with van der Waals surface area (Å²) in [5, 5.41) is 7.05. The van der Waals surface area contributed by atoms with Gasteiger partial charge in [0.15, 0.2) is 0 Å². The quantitative estimate of drug-likeness (QED) is 0.744. The molecule has 0 aliphatic carbocycles. The van der Waals surface area contributed by atoms with Crippen molar-refractivity contribution in [3.05, 3.63) is 66.8 Å². The van der Waals surface area contributed by atoms with Crippen LogP contribution in [0.4, 0.5) is 0 Å². The van der Waals surface area contributed by atoms with Gasteiger partial charge in [0, 0.05) is 25.9 Å². The van der Waals surface area contributed by atoms with Gasteiger partial charge in [0.2, 0.25) is 5.91 Å². The molecule has 0 aliphatic heterocycles. The van der Waals surface area contributed by atoms with E-state index in [1.807, 2.05) is 48.1 Å². The maximum atomic E-state index is 12.3. The summed E-state index contributed by atoms with van der Waals surface area (Å²) < 4.78 is 3.55. The van der Waals surface area contributed by atoms with E-state index in [0.29, 0.717) is 13.0 Å². The SMILES string of the molecule is Cn1ccnc1C(NC(=O)CCn1cncn1)c1ccccc1. The Morgan fingerprint density at radius 1 is 1.30 bits per heavy atom. The lowest BCUT2D eigenvalue weighted by atomic mass is 10.1. The number of imidazole rings is 1. The second-order valence-electron chi connectivity index (χ2n) is 5.22. The van der Waals surface area contributed by atoms with E-state index >= 15 is 0 Å². The van der Waals surface area contributed by atoms with Crippen molar-refractivity contribution < 1.29 is 4.79 Å². The molecule has 0 saturated heterocycles. The highest BCUT2D eigenvalue weighted by molar-refractivity contribution is 5.76. The molecule has 7 nitrogen and oxygen atoms in total. The van der Waals surface area contributed by atoms with E-state index < -0.39 is 0 Å². The Kier molecular flexibility index (Phi) is 4.46. The molecule has 1 unspecified atom stereocenters. The van der Waals surface area contributed by atoms with Crippen LogP contribution in [0.1, 0.15) is 23.9 Å². The van der Waals surface area contributed by atoms with E-state index in [-0.39, 0.29) is 11.9 Å². The fourth-order valence-corrected chi connectivity index (χ4v) is 2.40. The van der Waals surface area contributed by atoms with E-state index in [9.17, 15) is 4.79 Å². The summed E-state index contributed by atoms with van der Waals surface area (Å²) in [6, 6.07) is 9.54. The number of hydrogen-bond donors (Lipinski definition) is 1. The first-order chi connectivity index (χ1) is 11.2. The molecule has 0 bridgehead atoms. The molecular formula is C16H18N6O. The third-order valence-corrected chi connectivity index (χ3v) is 3.59. The van der Waals surface area contributed by atoms with Crippen molar-refractivity contribution in [1.29, 1.82) is 0 Å². The summed E-state index contributed by atoms with van der Waals surface area (Å²) in [5.74, 6) is 0.739. The zero-order chi connectivity index (χ0) is 16.1. The van der Waals surface area contributed by atoms with Gasteiger partial charge in [0.05, 0.1) is 6.54 Å². The molecule has 0 aliphatic rings. The van der Waals surface area contributed by atoms with Gasteiger partial charge in [-0.05, 0) is 5.56 Å². The molecule has 3 rings (SSSR count). The highest BCUT2D eigenvalue weighted by Crippen LogP contribution is 2.20. The molecule has 118 valence electrons. The first-order valence-electron chi connectivity index (χ1n) is 7.38. The van der Waals surface area contributed by atoms with Crippen LogP contribution in [0.3, 0.4) is 0 Å². The van der Waals surface area contributed by atoms with E-state index in [4.69, 9.17) is 0 Å². The van der Waals surface area contributed by atoms with Crippen LogP contribution in [0.2, 0.25) is 0 Å². The summed E-state index contributed by atoms with van der Waals surface area (Å²) in [6.07, 6.45) is 6.98. The van der Waals surface area contributed by atoms with Gasteiger partial charge >= 0.3 is 0 Å². The van der Waals surface area contributed by atoms with Gasteiger partial charge in [0.1, 0.15) is 24.5 Å². The lowest BCUT2D eigenvalue weighted by Gasteiger charge is -2.19. The average Bonchev–Trinajstić information content (AvgIpc) is 3.23. The van der Waals surface area contributed by atoms with Crippen molar-refractivity contribution in [2.75, 3.05) is 0 Å². The minimum Gasteiger partial charge on any atom is -0.342 e. The Balaban J connectivity index is 1.74. The van der Waals surface area contributed by atoms with Crippen LogP contribution >= 0.6 is 0 Å². The Labute approximate surface area is 134 Å². The number of nitrogens with one attached hydrogen (secondary N) is 1. The Hall–Kier alpha value is -2.96. The number of rotatable bonds is 6. The van der Waals surface area contributed by atoms with E-state index in [2.05, 4.69) is 20.4 Å². The molecule has 3 aromatic rings. The van der Waals surface area contributed by atoms with Crippen LogP contribution in [0.25, 0.3) is 0 Å². The molecule has 0 fully saturated rings. The third kappa shape index (κ3) is 3.63. The number of aromatic nitrogens is 5. The van der Waals surface area contributed by atoms with E-state index in [1.165, 1.54) is 6.33 Å². The fourth-order valence-electron chi connectivity index (χ4n) is 2.40. The smallest absolute Gasteiger partial charge is 0.222 e. The largest absolute Gasteiger partial charge is 0.342 e. The minimum absolute atomic E-state index is 0.0580. The van der Waals surface area contributed by atoms with Crippen molar-refractivity contribution in [3.8, 4) is 0 Å². The molecule has 2 aromatic heterocycles. The second kappa shape index (κ2) is 6.87. The fraction of sp³-hybridized carbons (Fsp3) is 0.250. The van der Waals surface area contributed by atoms with Gasteiger partial charge in [-0.25, -0.2) is 9.97 Å². The van der Waals surface area contributed by atoms with Crippen LogP contribution in [0.15, 0.2) is 55.4 Å². The average molecular weight is 310 g/mol. The lowest BCUT2D eigenvalue weighted by molar-refractivity contribution is -0.121. The highest BCUT2D eigenvalue weighted by atomic mass is 16.1. The monoisotopic (exact) mass is 310 g/mol. The molecule has 23 heavy (non-hydrogen) atoms. The summed E-state index contributed by atoms with van der Waals surface area (Å²) in [7, 11) is 1.92. The molecule has 1 amide bonds. The number of carbonyl (C=O) groups excluding carboxylic acids is 1. The standard InChI is InChI=1S/C16H18N6O/c1-21-10-8-18-16(21)15(13-5-3-2-4-6-13)20-14(23)7-9-22-12-17-11-19-22/h2-6,8,10-12,15H,7,9H2,1H3,(H,20,23). The zero-order valence-corrected chi connectivity index (χ0v) is 12.8. The summed E-state index contributed by atoms with van der Waals surface area (Å²) in [6.45, 7) is 0.494. The maximum absolute atomic E-state index is 12.3. The van der Waals surface area contributed by atoms with Crippen molar-refractivity contribution in [1.82, 2.24) is 29.6 Å². The molecule has 7 heteroatoms. The molecule has 0 radical (unpaired) electrons. The van der Waals surface area contributed by atoms with Gasteiger partial charge in [0.25, 0.3) is 0 Å². The van der Waals surface area contributed by atoms with Crippen LogP contribution < -0.4 is 5.32 Å². The predicted molar refractivity (Wildman–Crippen MR) is 84.3 cm³/mol. The molecule has 1 aromatic carbocycles. The molecule has 0 spiro atoms. The van der Waals surface area contributed by atoms with Crippen LogP contribution in [-0.2, 0) is 18.4 Å². The van der Waals surface area contributed by atoms with Crippen molar-refractivity contribution in [2.24, 2.45) is 7.05 Å². The zero-order valence-electron chi connectivity index (χ0n) is 12.8. The summed E-state index contributed by atoms with van der Waals surface area (Å²) in [4.78, 5) is 20.6. The van der Waals surface area contributed by atoms with Gasteiger partial charge in [-0.1, -0.05) is 30.3 Å². The first-order valence-corrected chi connectivity index (χ1v) is 7.38. The summed E-state index contributed by atoms with van der Waals surface area (Å²) in [5.41, 5.74) is 0.996. The number of nitrogens with zero attached hydrogens (tertiary/aromatic N) is 5. The molecule has 0 saturated carbocycles. The summed E-state index contributed by atoms with van der Waals surface area (Å²) >= 11 is 0. The van der Waals surface area contributed by atoms with Gasteiger partial charge in [-0.2, -0.15) is 5.10 Å². The number of carbonyl (C=O) groups is 1. The maximum Gasteiger partial charge on any atom is 0.222 e. The van der Waals surface area contributed by atoms with Crippen LogP contribution in [0, 0.1) is 0 Å². The third-order valence-electron chi connectivity index (χ3n) is 3.59. The van der Waals surface area contributed by atoms with Gasteiger partial charge in [-0.15, -0.1) is 0 Å². The number of hydrogen-bond acceptors (Lipinski definition) is 4. The number of amides is 1. The molecular weight excluding hydrogens is 292 g/mol. The number of benzene rings is 1. The molecule has 2 heterocycles. The topological polar surface area (TPSA) is 77.6 Å². The van der Waals surface area contributed by atoms with Crippen LogP contribution in [0.5, 0.6) is 0 Å². The highest BCUT2D eigenvalue weighted by Gasteiger charge is 2.20. The Morgan fingerprint density at radius 2 is 2.13 bits per heavy atom. The molecule has 1 N–H and O–H groups in total. The van der Waals surface area contributed by atoms with Crippen molar-refractivity contribution in [3.63, 3.8) is 0 Å². The van der Waals surface area contributed by atoms with E-state index in [0.717, 1.165) is 11.4 Å². The van der Waals surface area contributed by atoms with Gasteiger partial charge < -0.3 is 9.88 Å². The van der Waals surface area contributed by atoms with Crippen LogP contribution in [-0.4, -0.2) is 30.2 Å². The second-order valence-corrected chi connectivity index (χ2v) is 5.22. The first kappa shape index (κ1) is 15.0. The van der Waals surface area contributed by atoms with Crippen molar-refractivity contribution in [2.45, 2.75) is 19.0 Å².